The average molecular weight is 366 g/mol. The number of rotatable bonds is 4. The molecule has 1 amide bonds. The Kier molecular flexibility index (Phi) is 4.68. The smallest absolute Gasteiger partial charge is 0.253 e. The summed E-state index contributed by atoms with van der Waals surface area (Å²) in [4.78, 5) is 20.5. The van der Waals surface area contributed by atoms with E-state index in [0.29, 0.717) is 10.9 Å². The summed E-state index contributed by atoms with van der Waals surface area (Å²) < 4.78 is 15.3. The summed E-state index contributed by atoms with van der Waals surface area (Å²) in [5, 5.41) is 7.49. The van der Waals surface area contributed by atoms with Gasteiger partial charge in [0.05, 0.1) is 11.4 Å². The lowest BCUT2D eigenvalue weighted by molar-refractivity contribution is -0.113. The van der Waals surface area contributed by atoms with Crippen molar-refractivity contribution in [2.24, 2.45) is 0 Å². The molecule has 3 rings (SSSR count). The van der Waals surface area contributed by atoms with E-state index in [-0.39, 0.29) is 22.4 Å². The minimum Gasteiger partial charge on any atom is -0.323 e. The highest BCUT2D eigenvalue weighted by molar-refractivity contribution is 7.99. The summed E-state index contributed by atoms with van der Waals surface area (Å²) in [7, 11) is 0. The van der Waals surface area contributed by atoms with Crippen molar-refractivity contribution < 1.29 is 9.18 Å². The standard InChI is InChI=1S/C15H13ClFN5OS/c1-8-5-9(2)22-14(18-8)20-15(21-22)24-7-13(23)19-12-4-3-10(16)6-11(12)17/h3-6H,7H2,1-2H3,(H,19,23). The minimum absolute atomic E-state index is 0.0526. The van der Waals surface area contributed by atoms with Crippen LogP contribution >= 0.6 is 23.4 Å². The molecule has 0 bridgehead atoms. The molecular weight excluding hydrogens is 353 g/mol. The third-order valence-corrected chi connectivity index (χ3v) is 4.21. The van der Waals surface area contributed by atoms with Crippen molar-refractivity contribution in [1.82, 2.24) is 19.6 Å². The molecule has 24 heavy (non-hydrogen) atoms. The largest absolute Gasteiger partial charge is 0.323 e. The van der Waals surface area contributed by atoms with Crippen LogP contribution in [0.3, 0.4) is 0 Å². The Morgan fingerprint density at radius 1 is 1.33 bits per heavy atom. The van der Waals surface area contributed by atoms with Gasteiger partial charge in [-0.05, 0) is 38.1 Å². The van der Waals surface area contributed by atoms with Crippen LogP contribution in [0, 0.1) is 19.7 Å². The summed E-state index contributed by atoms with van der Waals surface area (Å²) in [5.74, 6) is -0.404. The number of benzene rings is 1. The van der Waals surface area contributed by atoms with Crippen LogP contribution in [0.5, 0.6) is 0 Å². The number of nitrogens with one attached hydrogen (secondary N) is 1. The average Bonchev–Trinajstić information content (AvgIpc) is 2.91. The minimum atomic E-state index is -0.581. The number of hydrogen-bond donors (Lipinski definition) is 1. The molecule has 3 aromatic rings. The molecule has 0 atom stereocenters. The Bertz CT molecular complexity index is 930. The quantitative estimate of drug-likeness (QED) is 0.718. The predicted molar refractivity (Wildman–Crippen MR) is 91.0 cm³/mol. The molecule has 0 saturated heterocycles. The van der Waals surface area contributed by atoms with E-state index in [2.05, 4.69) is 20.4 Å². The number of carbonyl (C=O) groups excluding carboxylic acids is 1. The maximum atomic E-state index is 13.7. The maximum Gasteiger partial charge on any atom is 0.253 e. The number of hydrogen-bond acceptors (Lipinski definition) is 5. The van der Waals surface area contributed by atoms with Crippen molar-refractivity contribution >= 4 is 40.7 Å². The zero-order valence-corrected chi connectivity index (χ0v) is 14.5. The highest BCUT2D eigenvalue weighted by Gasteiger charge is 2.12. The summed E-state index contributed by atoms with van der Waals surface area (Å²) in [6.45, 7) is 3.78. The lowest BCUT2D eigenvalue weighted by Gasteiger charge is -2.05. The van der Waals surface area contributed by atoms with Gasteiger partial charge in [-0.2, -0.15) is 4.98 Å². The summed E-state index contributed by atoms with van der Waals surface area (Å²) in [6.07, 6.45) is 0. The molecule has 1 N–H and O–H groups in total. The number of halogens is 2. The highest BCUT2D eigenvalue weighted by atomic mass is 35.5. The van der Waals surface area contributed by atoms with Gasteiger partial charge in [-0.25, -0.2) is 13.9 Å². The Balaban J connectivity index is 1.67. The molecule has 1 aromatic carbocycles. The van der Waals surface area contributed by atoms with Crippen LogP contribution in [0.25, 0.3) is 5.78 Å². The number of anilines is 1. The summed E-state index contributed by atoms with van der Waals surface area (Å²) in [5.41, 5.74) is 1.84. The van der Waals surface area contributed by atoms with Crippen LogP contribution in [0.4, 0.5) is 10.1 Å². The number of nitrogens with zero attached hydrogens (tertiary/aromatic N) is 4. The number of amides is 1. The molecule has 2 heterocycles. The van der Waals surface area contributed by atoms with Gasteiger partial charge in [0.25, 0.3) is 5.78 Å². The lowest BCUT2D eigenvalue weighted by Crippen LogP contribution is -2.15. The molecule has 2 aromatic heterocycles. The van der Waals surface area contributed by atoms with E-state index in [1.165, 1.54) is 12.1 Å². The molecule has 0 saturated carbocycles. The van der Waals surface area contributed by atoms with E-state index in [0.717, 1.165) is 29.2 Å². The van der Waals surface area contributed by atoms with Gasteiger partial charge in [0, 0.05) is 16.4 Å². The molecule has 9 heteroatoms. The molecule has 0 fully saturated rings. The van der Waals surface area contributed by atoms with Crippen LogP contribution in [0.2, 0.25) is 5.02 Å². The Morgan fingerprint density at radius 2 is 2.12 bits per heavy atom. The fourth-order valence-corrected chi connectivity index (χ4v) is 2.89. The Morgan fingerprint density at radius 3 is 2.88 bits per heavy atom. The number of fused-ring (bicyclic) bond motifs is 1. The molecule has 124 valence electrons. The number of aryl methyl sites for hydroxylation is 2. The zero-order chi connectivity index (χ0) is 17.3. The second-order valence-electron chi connectivity index (χ2n) is 5.11. The Labute approximate surface area is 146 Å². The maximum absolute atomic E-state index is 13.7. The van der Waals surface area contributed by atoms with E-state index in [9.17, 15) is 9.18 Å². The molecule has 0 aliphatic rings. The van der Waals surface area contributed by atoms with E-state index in [4.69, 9.17) is 11.6 Å². The number of aromatic nitrogens is 4. The fourth-order valence-electron chi connectivity index (χ4n) is 2.12. The first-order valence-electron chi connectivity index (χ1n) is 7.01. The molecule has 0 spiro atoms. The van der Waals surface area contributed by atoms with Gasteiger partial charge in [-0.15, -0.1) is 5.10 Å². The van der Waals surface area contributed by atoms with Crippen molar-refractivity contribution in [3.8, 4) is 0 Å². The van der Waals surface area contributed by atoms with E-state index < -0.39 is 5.82 Å². The number of thioether (sulfide) groups is 1. The van der Waals surface area contributed by atoms with Gasteiger partial charge < -0.3 is 5.32 Å². The Hall–Kier alpha value is -2.19. The van der Waals surface area contributed by atoms with Crippen molar-refractivity contribution in [3.05, 3.63) is 46.5 Å². The number of carbonyl (C=O) groups is 1. The van der Waals surface area contributed by atoms with Crippen LogP contribution in [0.1, 0.15) is 11.4 Å². The van der Waals surface area contributed by atoms with Crippen LogP contribution in [0.15, 0.2) is 29.4 Å². The SMILES string of the molecule is Cc1cc(C)n2nc(SCC(=O)Nc3ccc(Cl)cc3F)nc2n1. The molecule has 6 nitrogen and oxygen atoms in total. The second kappa shape index (κ2) is 6.74. The van der Waals surface area contributed by atoms with Crippen LogP contribution in [-0.4, -0.2) is 31.2 Å². The van der Waals surface area contributed by atoms with E-state index in [1.54, 1.807) is 4.52 Å². The fraction of sp³-hybridized carbons (Fsp3) is 0.200. The zero-order valence-electron chi connectivity index (χ0n) is 12.9. The second-order valence-corrected chi connectivity index (χ2v) is 6.49. The molecule has 0 aliphatic heterocycles. The molecule has 0 radical (unpaired) electrons. The summed E-state index contributed by atoms with van der Waals surface area (Å²) >= 11 is 6.83. The third kappa shape index (κ3) is 3.65. The third-order valence-electron chi connectivity index (χ3n) is 3.14. The van der Waals surface area contributed by atoms with Crippen molar-refractivity contribution in [1.29, 1.82) is 0 Å². The van der Waals surface area contributed by atoms with Crippen LogP contribution in [-0.2, 0) is 4.79 Å². The molecule has 0 unspecified atom stereocenters. The van der Waals surface area contributed by atoms with Gasteiger partial charge in [0.1, 0.15) is 5.82 Å². The van der Waals surface area contributed by atoms with Gasteiger partial charge >= 0.3 is 0 Å². The van der Waals surface area contributed by atoms with Gasteiger partial charge in [-0.3, -0.25) is 4.79 Å². The highest BCUT2D eigenvalue weighted by Crippen LogP contribution is 2.20. The van der Waals surface area contributed by atoms with E-state index in [1.807, 2.05) is 19.9 Å². The first-order valence-corrected chi connectivity index (χ1v) is 8.37. The monoisotopic (exact) mass is 365 g/mol. The molecular formula is C15H13ClFN5OS. The summed E-state index contributed by atoms with van der Waals surface area (Å²) in [6, 6.07) is 5.96. The van der Waals surface area contributed by atoms with E-state index >= 15 is 0 Å². The van der Waals surface area contributed by atoms with Crippen molar-refractivity contribution in [3.63, 3.8) is 0 Å². The van der Waals surface area contributed by atoms with Crippen molar-refractivity contribution in [2.45, 2.75) is 19.0 Å². The predicted octanol–water partition coefficient (Wildman–Crippen LogP) is 3.26. The molecule has 0 aliphatic carbocycles. The lowest BCUT2D eigenvalue weighted by atomic mass is 10.3. The van der Waals surface area contributed by atoms with Gasteiger partial charge in [0.15, 0.2) is 0 Å². The normalized spacial score (nSPS) is 11.0. The topological polar surface area (TPSA) is 72.2 Å². The van der Waals surface area contributed by atoms with Crippen LogP contribution < -0.4 is 5.32 Å². The first kappa shape index (κ1) is 16.7. The first-order chi connectivity index (χ1) is 11.4. The van der Waals surface area contributed by atoms with Gasteiger partial charge in [-0.1, -0.05) is 23.4 Å². The van der Waals surface area contributed by atoms with Crippen molar-refractivity contribution in [2.75, 3.05) is 11.1 Å². The van der Waals surface area contributed by atoms with Gasteiger partial charge in [0.2, 0.25) is 11.1 Å².